The summed E-state index contributed by atoms with van der Waals surface area (Å²) in [5.74, 6) is 2.15. The Balaban J connectivity index is 1.67. The lowest BCUT2D eigenvalue weighted by molar-refractivity contribution is -0.132. The molecule has 0 radical (unpaired) electrons. The lowest BCUT2D eigenvalue weighted by Gasteiger charge is -2.35. The number of thioether (sulfide) groups is 1. The summed E-state index contributed by atoms with van der Waals surface area (Å²) in [6.07, 6.45) is 4.48. The van der Waals surface area contributed by atoms with Crippen LogP contribution in [0, 0.1) is 0 Å². The Hall–Kier alpha value is -2.02. The zero-order chi connectivity index (χ0) is 18.5. The molecule has 0 bridgehead atoms. The van der Waals surface area contributed by atoms with Crippen LogP contribution in [-0.2, 0) is 11.8 Å². The van der Waals surface area contributed by atoms with Crippen LogP contribution in [0.2, 0.25) is 0 Å². The number of carbonyl (C=O) groups is 1. The largest absolute Gasteiger partial charge is 0.497 e. The van der Waals surface area contributed by atoms with Crippen molar-refractivity contribution < 1.29 is 9.53 Å². The van der Waals surface area contributed by atoms with Gasteiger partial charge in [0.2, 0.25) is 5.91 Å². The normalized spacial score (nSPS) is 17.3. The van der Waals surface area contributed by atoms with E-state index in [4.69, 9.17) is 4.74 Å². The Labute approximate surface area is 158 Å². The van der Waals surface area contributed by atoms with Crippen molar-refractivity contribution in [3.8, 4) is 17.1 Å². The molecular weight excluding hydrogens is 348 g/mol. The van der Waals surface area contributed by atoms with Crippen molar-refractivity contribution in [3.63, 3.8) is 0 Å². The zero-order valence-electron chi connectivity index (χ0n) is 15.6. The monoisotopic (exact) mass is 374 g/mol. The smallest absolute Gasteiger partial charge is 0.233 e. The third-order valence-corrected chi connectivity index (χ3v) is 5.91. The molecule has 2 aromatic rings. The van der Waals surface area contributed by atoms with E-state index in [1.54, 1.807) is 7.11 Å². The number of aromatic nitrogens is 3. The number of carbonyl (C=O) groups excluding carboxylic acids is 1. The second kappa shape index (κ2) is 8.58. The predicted molar refractivity (Wildman–Crippen MR) is 103 cm³/mol. The lowest BCUT2D eigenvalue weighted by atomic mass is 10.0. The summed E-state index contributed by atoms with van der Waals surface area (Å²) in [6, 6.07) is 8.13. The highest BCUT2D eigenvalue weighted by Crippen LogP contribution is 2.26. The first-order valence-electron chi connectivity index (χ1n) is 9.10. The number of hydrogen-bond acceptors (Lipinski definition) is 5. The number of nitrogens with zero attached hydrogens (tertiary/aromatic N) is 4. The molecule has 1 aromatic heterocycles. The van der Waals surface area contributed by atoms with E-state index in [1.165, 1.54) is 18.2 Å². The molecule has 3 rings (SSSR count). The average Bonchev–Trinajstić information content (AvgIpc) is 3.06. The highest BCUT2D eigenvalue weighted by atomic mass is 32.2. The van der Waals surface area contributed by atoms with Crippen LogP contribution >= 0.6 is 11.8 Å². The molecule has 140 valence electrons. The molecule has 1 aliphatic heterocycles. The molecular formula is C19H26N4O2S. The second-order valence-electron chi connectivity index (χ2n) is 6.53. The lowest BCUT2D eigenvalue weighted by Crippen LogP contribution is -2.44. The van der Waals surface area contributed by atoms with Gasteiger partial charge in [0.1, 0.15) is 5.75 Å². The molecule has 1 atom stereocenters. The first-order chi connectivity index (χ1) is 12.6. The van der Waals surface area contributed by atoms with Gasteiger partial charge in [-0.1, -0.05) is 30.8 Å². The van der Waals surface area contributed by atoms with Crippen LogP contribution in [0.25, 0.3) is 11.4 Å². The van der Waals surface area contributed by atoms with E-state index in [9.17, 15) is 4.79 Å². The number of rotatable bonds is 6. The fourth-order valence-corrected chi connectivity index (χ4v) is 4.21. The molecule has 26 heavy (non-hydrogen) atoms. The van der Waals surface area contributed by atoms with E-state index in [2.05, 4.69) is 22.0 Å². The highest BCUT2D eigenvalue weighted by Gasteiger charge is 2.25. The predicted octanol–water partition coefficient (Wildman–Crippen LogP) is 3.37. The van der Waals surface area contributed by atoms with E-state index >= 15 is 0 Å². The van der Waals surface area contributed by atoms with Crippen LogP contribution in [0.5, 0.6) is 5.75 Å². The summed E-state index contributed by atoms with van der Waals surface area (Å²) in [5.41, 5.74) is 0.944. The van der Waals surface area contributed by atoms with Crippen molar-refractivity contribution in [1.29, 1.82) is 0 Å². The van der Waals surface area contributed by atoms with Gasteiger partial charge in [-0.3, -0.25) is 4.79 Å². The number of methoxy groups -OCH3 is 1. The average molecular weight is 375 g/mol. The molecule has 1 aliphatic rings. The molecule has 2 heterocycles. The standard InChI is InChI=1S/C19H26N4O2S/c1-4-15-9-5-6-11-23(15)17(24)13-26-19-21-20-18(22(19)2)14-8-7-10-16(12-14)25-3/h7-8,10,12,15H,4-6,9,11,13H2,1-3H3/t15-/m0/s1. The van der Waals surface area contributed by atoms with Gasteiger partial charge < -0.3 is 14.2 Å². The maximum absolute atomic E-state index is 12.6. The van der Waals surface area contributed by atoms with Crippen molar-refractivity contribution in [2.24, 2.45) is 7.05 Å². The van der Waals surface area contributed by atoms with Gasteiger partial charge in [0.25, 0.3) is 0 Å². The summed E-state index contributed by atoms with van der Waals surface area (Å²) in [4.78, 5) is 14.7. The molecule has 1 fully saturated rings. The number of ether oxygens (including phenoxy) is 1. The van der Waals surface area contributed by atoms with Gasteiger partial charge in [-0.05, 0) is 37.8 Å². The Bertz CT molecular complexity index is 762. The van der Waals surface area contributed by atoms with E-state index in [1.807, 2.05) is 35.9 Å². The first-order valence-corrected chi connectivity index (χ1v) is 10.1. The van der Waals surface area contributed by atoms with Crippen LogP contribution in [-0.4, -0.2) is 51.0 Å². The first kappa shape index (κ1) is 18.8. The highest BCUT2D eigenvalue weighted by molar-refractivity contribution is 7.99. The molecule has 1 aromatic carbocycles. The fourth-order valence-electron chi connectivity index (χ4n) is 3.42. The maximum Gasteiger partial charge on any atom is 0.233 e. The molecule has 0 aliphatic carbocycles. The van der Waals surface area contributed by atoms with Crippen molar-refractivity contribution >= 4 is 17.7 Å². The Kier molecular flexibility index (Phi) is 6.19. The third kappa shape index (κ3) is 4.03. The van der Waals surface area contributed by atoms with Gasteiger partial charge in [-0.25, -0.2) is 0 Å². The van der Waals surface area contributed by atoms with Crippen molar-refractivity contribution in [1.82, 2.24) is 19.7 Å². The number of hydrogen-bond donors (Lipinski definition) is 0. The van der Waals surface area contributed by atoms with Crippen molar-refractivity contribution in [3.05, 3.63) is 24.3 Å². The molecule has 1 saturated heterocycles. The summed E-state index contributed by atoms with van der Waals surface area (Å²) >= 11 is 1.45. The minimum atomic E-state index is 0.201. The molecule has 1 amide bonds. The molecule has 0 unspecified atom stereocenters. The van der Waals surface area contributed by atoms with Gasteiger partial charge in [-0.15, -0.1) is 10.2 Å². The third-order valence-electron chi connectivity index (χ3n) is 4.91. The zero-order valence-corrected chi connectivity index (χ0v) is 16.5. The summed E-state index contributed by atoms with van der Waals surface area (Å²) < 4.78 is 7.21. The van der Waals surface area contributed by atoms with Crippen LogP contribution in [0.15, 0.2) is 29.4 Å². The number of amides is 1. The van der Waals surface area contributed by atoms with E-state index in [0.29, 0.717) is 11.8 Å². The quantitative estimate of drug-likeness (QED) is 0.726. The number of benzene rings is 1. The molecule has 6 nitrogen and oxygen atoms in total. The van der Waals surface area contributed by atoms with Crippen LogP contribution < -0.4 is 4.74 Å². The maximum atomic E-state index is 12.6. The van der Waals surface area contributed by atoms with E-state index in [-0.39, 0.29) is 5.91 Å². The van der Waals surface area contributed by atoms with Gasteiger partial charge in [0, 0.05) is 25.2 Å². The summed E-state index contributed by atoms with van der Waals surface area (Å²) in [7, 11) is 3.57. The summed E-state index contributed by atoms with van der Waals surface area (Å²) in [5, 5.41) is 9.31. The van der Waals surface area contributed by atoms with E-state index in [0.717, 1.165) is 48.1 Å². The van der Waals surface area contributed by atoms with Gasteiger partial charge in [0.15, 0.2) is 11.0 Å². The van der Waals surface area contributed by atoms with Gasteiger partial charge in [-0.2, -0.15) is 0 Å². The molecule has 0 saturated carbocycles. The van der Waals surface area contributed by atoms with E-state index < -0.39 is 0 Å². The Morgan fingerprint density at radius 1 is 1.35 bits per heavy atom. The van der Waals surface area contributed by atoms with Crippen LogP contribution in [0.4, 0.5) is 0 Å². The number of piperidine rings is 1. The van der Waals surface area contributed by atoms with Crippen molar-refractivity contribution in [2.45, 2.75) is 43.8 Å². The number of likely N-dealkylation sites (tertiary alicyclic amines) is 1. The Morgan fingerprint density at radius 3 is 2.96 bits per heavy atom. The topological polar surface area (TPSA) is 60.3 Å². The molecule has 0 N–H and O–H groups in total. The minimum absolute atomic E-state index is 0.201. The van der Waals surface area contributed by atoms with Gasteiger partial charge >= 0.3 is 0 Å². The van der Waals surface area contributed by atoms with Crippen molar-refractivity contribution in [2.75, 3.05) is 19.4 Å². The van der Waals surface area contributed by atoms with Gasteiger partial charge in [0.05, 0.1) is 12.9 Å². The molecule has 7 heteroatoms. The van der Waals surface area contributed by atoms with Crippen LogP contribution in [0.1, 0.15) is 32.6 Å². The molecule has 0 spiro atoms. The summed E-state index contributed by atoms with van der Waals surface area (Å²) in [6.45, 7) is 3.04. The van der Waals surface area contributed by atoms with Crippen LogP contribution in [0.3, 0.4) is 0 Å². The Morgan fingerprint density at radius 2 is 2.19 bits per heavy atom. The minimum Gasteiger partial charge on any atom is -0.497 e. The second-order valence-corrected chi connectivity index (χ2v) is 7.47. The SMILES string of the molecule is CC[C@H]1CCCCN1C(=O)CSc1nnc(-c2cccc(OC)c2)n1C. The fraction of sp³-hybridized carbons (Fsp3) is 0.526.